The molecule has 0 saturated heterocycles. The smallest absolute Gasteiger partial charge is 0.124 e. The molecule has 2 N–H and O–H groups in total. The third-order valence-electron chi connectivity index (χ3n) is 2.33. The topological polar surface area (TPSA) is 35.2 Å². The van der Waals surface area contributed by atoms with Crippen molar-refractivity contribution in [2.45, 2.75) is 45.8 Å². The van der Waals surface area contributed by atoms with Crippen molar-refractivity contribution in [3.63, 3.8) is 0 Å². The summed E-state index contributed by atoms with van der Waals surface area (Å²) in [5.41, 5.74) is 7.12. The molecule has 1 rings (SSSR count). The van der Waals surface area contributed by atoms with Crippen molar-refractivity contribution in [2.75, 3.05) is 0 Å². The van der Waals surface area contributed by atoms with Gasteiger partial charge in [0.2, 0.25) is 0 Å². The van der Waals surface area contributed by atoms with E-state index >= 15 is 0 Å². The van der Waals surface area contributed by atoms with E-state index in [1.165, 1.54) is 0 Å². The molecule has 0 fully saturated rings. The number of nitrogens with two attached hydrogens (primary N) is 1. The van der Waals surface area contributed by atoms with Crippen molar-refractivity contribution < 1.29 is 4.74 Å². The first-order valence-corrected chi connectivity index (χ1v) is 6.14. The van der Waals surface area contributed by atoms with E-state index in [0.717, 1.165) is 24.2 Å². The fraction of sp³-hybridized carbons (Fsp3) is 0.538. The molecule has 2 nitrogen and oxygen atoms in total. The minimum absolute atomic E-state index is 0.00236. The van der Waals surface area contributed by atoms with Gasteiger partial charge in [-0.3, -0.25) is 0 Å². The molecule has 0 saturated carbocycles. The Hall–Kier alpha value is -0.730. The predicted molar refractivity (Wildman–Crippen MR) is 69.1 cm³/mol. The third-order valence-corrected chi connectivity index (χ3v) is 2.57. The lowest BCUT2D eigenvalue weighted by Crippen LogP contribution is -2.14. The highest BCUT2D eigenvalue weighted by atomic mass is 35.5. The van der Waals surface area contributed by atoms with Crippen LogP contribution in [0.5, 0.6) is 5.75 Å². The third kappa shape index (κ3) is 3.69. The second-order valence-corrected chi connectivity index (χ2v) is 4.68. The Morgan fingerprint density at radius 2 is 2.06 bits per heavy atom. The first-order valence-electron chi connectivity index (χ1n) is 5.76. The van der Waals surface area contributed by atoms with Crippen LogP contribution in [0, 0.1) is 0 Å². The highest BCUT2D eigenvalue weighted by Crippen LogP contribution is 2.30. The summed E-state index contributed by atoms with van der Waals surface area (Å²) >= 11 is 5.99. The monoisotopic (exact) mass is 241 g/mol. The van der Waals surface area contributed by atoms with E-state index in [1.54, 1.807) is 0 Å². The van der Waals surface area contributed by atoms with Crippen molar-refractivity contribution >= 4 is 11.6 Å². The van der Waals surface area contributed by atoms with E-state index in [1.807, 2.05) is 32.0 Å². The number of halogens is 1. The minimum atomic E-state index is -0.00236. The summed E-state index contributed by atoms with van der Waals surface area (Å²) in [7, 11) is 0. The van der Waals surface area contributed by atoms with Gasteiger partial charge in [0.25, 0.3) is 0 Å². The second-order valence-electron chi connectivity index (χ2n) is 4.24. The van der Waals surface area contributed by atoms with Gasteiger partial charge in [-0.05, 0) is 38.5 Å². The summed E-state index contributed by atoms with van der Waals surface area (Å²) in [5, 5.41) is 0.706. The number of hydrogen-bond acceptors (Lipinski definition) is 2. The van der Waals surface area contributed by atoms with Gasteiger partial charge in [-0.15, -0.1) is 0 Å². The van der Waals surface area contributed by atoms with Gasteiger partial charge >= 0.3 is 0 Å². The van der Waals surface area contributed by atoms with Crippen LogP contribution in [0.15, 0.2) is 18.2 Å². The van der Waals surface area contributed by atoms with Crippen LogP contribution in [0.3, 0.4) is 0 Å². The Kier molecular flexibility index (Phi) is 5.10. The molecular formula is C13H20ClNO. The van der Waals surface area contributed by atoms with Gasteiger partial charge < -0.3 is 10.5 Å². The maximum Gasteiger partial charge on any atom is 0.124 e. The van der Waals surface area contributed by atoms with Crippen LogP contribution in [-0.4, -0.2) is 6.10 Å². The van der Waals surface area contributed by atoms with Crippen LogP contribution in [0.4, 0.5) is 0 Å². The lowest BCUT2D eigenvalue weighted by atomic mass is 10.0. The molecule has 90 valence electrons. The largest absolute Gasteiger partial charge is 0.491 e. The fourth-order valence-corrected chi connectivity index (χ4v) is 1.82. The molecule has 1 unspecified atom stereocenters. The molecule has 16 heavy (non-hydrogen) atoms. The predicted octanol–water partition coefficient (Wildman–Crippen LogP) is 3.93. The summed E-state index contributed by atoms with van der Waals surface area (Å²) in [5.74, 6) is 0.848. The summed E-state index contributed by atoms with van der Waals surface area (Å²) < 4.78 is 5.73. The van der Waals surface area contributed by atoms with Gasteiger partial charge in [-0.2, -0.15) is 0 Å². The van der Waals surface area contributed by atoms with Crippen molar-refractivity contribution in [1.82, 2.24) is 0 Å². The summed E-state index contributed by atoms with van der Waals surface area (Å²) in [6, 6.07) is 5.63. The number of hydrogen-bond donors (Lipinski definition) is 1. The van der Waals surface area contributed by atoms with Gasteiger partial charge in [0, 0.05) is 16.6 Å². The zero-order valence-electron chi connectivity index (χ0n) is 10.2. The molecule has 0 heterocycles. The van der Waals surface area contributed by atoms with Crippen molar-refractivity contribution in [2.24, 2.45) is 5.73 Å². The average molecular weight is 242 g/mol. The zero-order chi connectivity index (χ0) is 12.1. The molecule has 0 spiro atoms. The maximum absolute atomic E-state index is 6.11. The van der Waals surface area contributed by atoms with E-state index in [4.69, 9.17) is 22.1 Å². The molecule has 1 aromatic rings. The van der Waals surface area contributed by atoms with E-state index < -0.39 is 0 Å². The molecule has 1 atom stereocenters. The van der Waals surface area contributed by atoms with Gasteiger partial charge in [0.15, 0.2) is 0 Å². The molecule has 0 radical (unpaired) electrons. The molecule has 0 aliphatic heterocycles. The quantitative estimate of drug-likeness (QED) is 0.848. The van der Waals surface area contributed by atoms with Crippen molar-refractivity contribution in [3.05, 3.63) is 28.8 Å². The van der Waals surface area contributed by atoms with Crippen LogP contribution in [0.25, 0.3) is 0 Å². The fourth-order valence-electron chi connectivity index (χ4n) is 1.64. The Labute approximate surface area is 103 Å². The van der Waals surface area contributed by atoms with E-state index in [9.17, 15) is 0 Å². The van der Waals surface area contributed by atoms with Crippen LogP contribution in [0.1, 0.15) is 45.2 Å². The van der Waals surface area contributed by atoms with Crippen molar-refractivity contribution in [3.8, 4) is 5.75 Å². The van der Waals surface area contributed by atoms with E-state index in [2.05, 4.69) is 6.92 Å². The summed E-state index contributed by atoms with van der Waals surface area (Å²) in [4.78, 5) is 0. The molecule has 0 aliphatic carbocycles. The van der Waals surface area contributed by atoms with Crippen LogP contribution in [0.2, 0.25) is 5.02 Å². The van der Waals surface area contributed by atoms with Crippen LogP contribution < -0.4 is 10.5 Å². The van der Waals surface area contributed by atoms with Crippen LogP contribution in [-0.2, 0) is 0 Å². The van der Waals surface area contributed by atoms with Crippen molar-refractivity contribution in [1.29, 1.82) is 0 Å². The standard InChI is InChI=1S/C13H20ClNO/c1-4-5-12(15)11-8-10(14)6-7-13(11)16-9(2)3/h6-9,12H,4-5,15H2,1-3H3. The lowest BCUT2D eigenvalue weighted by molar-refractivity contribution is 0.238. The molecule has 1 aromatic carbocycles. The molecule has 0 aliphatic rings. The van der Waals surface area contributed by atoms with Gasteiger partial charge in [-0.25, -0.2) is 0 Å². The Morgan fingerprint density at radius 3 is 2.62 bits per heavy atom. The minimum Gasteiger partial charge on any atom is -0.491 e. The molecule has 0 bridgehead atoms. The summed E-state index contributed by atoms with van der Waals surface area (Å²) in [6.07, 6.45) is 2.14. The zero-order valence-corrected chi connectivity index (χ0v) is 10.9. The highest BCUT2D eigenvalue weighted by molar-refractivity contribution is 6.30. The Balaban J connectivity index is 2.97. The first kappa shape index (κ1) is 13.3. The van der Waals surface area contributed by atoms with Gasteiger partial charge in [0.1, 0.15) is 5.75 Å². The number of benzene rings is 1. The van der Waals surface area contributed by atoms with Gasteiger partial charge in [-0.1, -0.05) is 24.9 Å². The summed E-state index contributed by atoms with van der Waals surface area (Å²) in [6.45, 7) is 6.13. The highest BCUT2D eigenvalue weighted by Gasteiger charge is 2.13. The van der Waals surface area contributed by atoms with Gasteiger partial charge in [0.05, 0.1) is 6.10 Å². The average Bonchev–Trinajstić information content (AvgIpc) is 2.20. The number of ether oxygens (including phenoxy) is 1. The lowest BCUT2D eigenvalue weighted by Gasteiger charge is -2.18. The van der Waals surface area contributed by atoms with E-state index in [0.29, 0.717) is 5.02 Å². The molecule has 3 heteroatoms. The normalized spacial score (nSPS) is 12.9. The first-order chi connectivity index (χ1) is 7.54. The Morgan fingerprint density at radius 1 is 1.38 bits per heavy atom. The van der Waals surface area contributed by atoms with Crippen LogP contribution >= 0.6 is 11.6 Å². The SMILES string of the molecule is CCCC(N)c1cc(Cl)ccc1OC(C)C. The molecular weight excluding hydrogens is 222 g/mol. The van der Waals surface area contributed by atoms with E-state index in [-0.39, 0.29) is 12.1 Å². The second kappa shape index (κ2) is 6.12. The number of rotatable bonds is 5. The molecule has 0 amide bonds. The Bertz CT molecular complexity index is 339. The maximum atomic E-state index is 6.11. The molecule has 0 aromatic heterocycles.